The molecule has 0 atom stereocenters. The Balaban J connectivity index is 3.68. The van der Waals surface area contributed by atoms with E-state index < -0.39 is 9.05 Å². The van der Waals surface area contributed by atoms with Crippen molar-refractivity contribution in [2.24, 2.45) is 0 Å². The van der Waals surface area contributed by atoms with Crippen molar-refractivity contribution in [2.75, 3.05) is 0 Å². The zero-order valence-corrected chi connectivity index (χ0v) is 10.8. The Kier molecular flexibility index (Phi) is 3.40. The minimum absolute atomic E-state index is 0.103. The van der Waals surface area contributed by atoms with Crippen LogP contribution in [0.15, 0.2) is 17.0 Å². The third kappa shape index (κ3) is 2.38. The number of benzene rings is 1. The number of nitriles is 1. The summed E-state index contributed by atoms with van der Waals surface area (Å²) in [7, 11) is 1.36. The van der Waals surface area contributed by atoms with Crippen molar-refractivity contribution in [1.82, 2.24) is 0 Å². The zero-order chi connectivity index (χ0) is 10.9. The second-order valence-corrected chi connectivity index (χ2v) is 6.37. The molecule has 0 aliphatic rings. The van der Waals surface area contributed by atoms with Crippen molar-refractivity contribution in [3.63, 3.8) is 0 Å². The molecule has 0 aromatic heterocycles. The van der Waals surface area contributed by atoms with E-state index in [-0.39, 0.29) is 10.5 Å². The summed E-state index contributed by atoms with van der Waals surface area (Å²) in [4.78, 5) is -0.119. The van der Waals surface area contributed by atoms with E-state index in [0.717, 1.165) is 5.56 Å². The highest BCUT2D eigenvalue weighted by Crippen LogP contribution is 2.25. The molecule has 1 rings (SSSR count). The van der Waals surface area contributed by atoms with Crippen molar-refractivity contribution < 1.29 is 8.42 Å². The van der Waals surface area contributed by atoms with Gasteiger partial charge in [-0.05, 0) is 47.2 Å². The van der Waals surface area contributed by atoms with Crippen LogP contribution in [0.1, 0.15) is 11.1 Å². The van der Waals surface area contributed by atoms with Crippen LogP contribution in [0.5, 0.6) is 0 Å². The van der Waals surface area contributed by atoms with Gasteiger partial charge in [-0.25, -0.2) is 8.42 Å². The molecular formula is C8H5ClINO2S. The second kappa shape index (κ2) is 4.04. The first-order valence-electron chi connectivity index (χ1n) is 3.51. The highest BCUT2D eigenvalue weighted by molar-refractivity contribution is 14.1. The molecule has 0 saturated heterocycles. The Hall–Kier alpha value is -0.320. The van der Waals surface area contributed by atoms with Gasteiger partial charge in [-0.3, -0.25) is 0 Å². The largest absolute Gasteiger partial charge is 0.262 e. The van der Waals surface area contributed by atoms with Crippen LogP contribution in [-0.2, 0) is 9.05 Å². The average molecular weight is 342 g/mol. The summed E-state index contributed by atoms with van der Waals surface area (Å²) in [6.45, 7) is 1.74. The maximum atomic E-state index is 11.1. The fourth-order valence-corrected chi connectivity index (χ4v) is 3.19. The van der Waals surface area contributed by atoms with E-state index in [1.807, 2.05) is 28.7 Å². The monoisotopic (exact) mass is 341 g/mol. The van der Waals surface area contributed by atoms with Crippen LogP contribution < -0.4 is 0 Å². The number of halogens is 2. The molecule has 0 saturated carbocycles. The first-order chi connectivity index (χ1) is 6.36. The number of hydrogen-bond donors (Lipinski definition) is 0. The lowest BCUT2D eigenvalue weighted by atomic mass is 10.2. The summed E-state index contributed by atoms with van der Waals surface area (Å²) in [5.74, 6) is 0. The second-order valence-electron chi connectivity index (χ2n) is 2.67. The third-order valence-electron chi connectivity index (χ3n) is 1.57. The van der Waals surface area contributed by atoms with Gasteiger partial charge in [-0.15, -0.1) is 0 Å². The highest BCUT2D eigenvalue weighted by Gasteiger charge is 2.18. The van der Waals surface area contributed by atoms with Gasteiger partial charge in [0.25, 0.3) is 9.05 Å². The molecule has 0 spiro atoms. The normalized spacial score (nSPS) is 11.0. The fourth-order valence-electron chi connectivity index (χ4n) is 1.01. The molecule has 0 unspecified atom stereocenters. The average Bonchev–Trinajstić information content (AvgIpc) is 2.01. The maximum absolute atomic E-state index is 11.1. The van der Waals surface area contributed by atoms with E-state index in [2.05, 4.69) is 0 Å². The van der Waals surface area contributed by atoms with Gasteiger partial charge in [0.2, 0.25) is 0 Å². The van der Waals surface area contributed by atoms with Crippen LogP contribution >= 0.6 is 33.3 Å². The summed E-state index contributed by atoms with van der Waals surface area (Å²) in [6.07, 6.45) is 0. The Bertz CT molecular complexity index is 519. The van der Waals surface area contributed by atoms with Gasteiger partial charge < -0.3 is 0 Å². The van der Waals surface area contributed by atoms with Crippen LogP contribution in [0.3, 0.4) is 0 Å². The van der Waals surface area contributed by atoms with E-state index in [9.17, 15) is 8.42 Å². The summed E-state index contributed by atoms with van der Waals surface area (Å²) in [5.41, 5.74) is 0.860. The van der Waals surface area contributed by atoms with Crippen molar-refractivity contribution in [3.8, 4) is 6.07 Å². The van der Waals surface area contributed by atoms with E-state index in [4.69, 9.17) is 15.9 Å². The van der Waals surface area contributed by atoms with Gasteiger partial charge in [0.1, 0.15) is 11.0 Å². The minimum Gasteiger partial charge on any atom is -0.207 e. The summed E-state index contributed by atoms with van der Waals surface area (Å²) in [5, 5.41) is 8.78. The van der Waals surface area contributed by atoms with E-state index in [1.165, 1.54) is 6.07 Å². The molecular weight excluding hydrogens is 337 g/mol. The van der Waals surface area contributed by atoms with Crippen molar-refractivity contribution in [3.05, 3.63) is 26.8 Å². The smallest absolute Gasteiger partial charge is 0.207 e. The van der Waals surface area contributed by atoms with Crippen LogP contribution in [0, 0.1) is 21.8 Å². The molecule has 0 N–H and O–H groups in total. The lowest BCUT2D eigenvalue weighted by molar-refractivity contribution is 0.609. The molecule has 0 radical (unpaired) electrons. The van der Waals surface area contributed by atoms with E-state index in [0.29, 0.717) is 3.57 Å². The lowest BCUT2D eigenvalue weighted by Gasteiger charge is -2.03. The molecule has 0 amide bonds. The van der Waals surface area contributed by atoms with Crippen molar-refractivity contribution >= 4 is 42.3 Å². The molecule has 1 aromatic rings. The summed E-state index contributed by atoms with van der Waals surface area (Å²) in [6, 6.07) is 4.95. The number of hydrogen-bond acceptors (Lipinski definition) is 3. The molecule has 0 aliphatic heterocycles. The number of rotatable bonds is 1. The van der Waals surface area contributed by atoms with Gasteiger partial charge >= 0.3 is 0 Å². The SMILES string of the molecule is Cc1cc(I)c(C#N)c(S(=O)(=O)Cl)c1. The van der Waals surface area contributed by atoms with Gasteiger partial charge in [0.05, 0.1) is 5.56 Å². The Labute approximate surface area is 100 Å². The molecule has 0 aliphatic carbocycles. The first kappa shape index (κ1) is 11.8. The minimum atomic E-state index is -3.85. The topological polar surface area (TPSA) is 57.9 Å². The van der Waals surface area contributed by atoms with Crippen LogP contribution in [0.25, 0.3) is 0 Å². The summed E-state index contributed by atoms with van der Waals surface area (Å²) >= 11 is 1.91. The molecule has 74 valence electrons. The van der Waals surface area contributed by atoms with E-state index >= 15 is 0 Å². The Morgan fingerprint density at radius 3 is 2.50 bits per heavy atom. The zero-order valence-electron chi connectivity index (χ0n) is 7.08. The van der Waals surface area contributed by atoms with Crippen molar-refractivity contribution in [1.29, 1.82) is 5.26 Å². The first-order valence-corrected chi connectivity index (χ1v) is 6.90. The number of aryl methyl sites for hydroxylation is 1. The van der Waals surface area contributed by atoms with Gasteiger partial charge in [0, 0.05) is 14.3 Å². The van der Waals surface area contributed by atoms with Crippen LogP contribution in [-0.4, -0.2) is 8.42 Å². The molecule has 0 fully saturated rings. The fraction of sp³-hybridized carbons (Fsp3) is 0.125. The molecule has 0 heterocycles. The van der Waals surface area contributed by atoms with Gasteiger partial charge in [-0.2, -0.15) is 5.26 Å². The Morgan fingerprint density at radius 1 is 1.50 bits per heavy atom. The standard InChI is InChI=1S/C8H5ClINO2S/c1-5-2-7(10)6(4-11)8(3-5)14(9,12)13/h2-3H,1H3. The number of nitrogens with zero attached hydrogens (tertiary/aromatic N) is 1. The van der Waals surface area contributed by atoms with Crippen molar-refractivity contribution in [2.45, 2.75) is 11.8 Å². The van der Waals surface area contributed by atoms with E-state index in [1.54, 1.807) is 13.0 Å². The third-order valence-corrected chi connectivity index (χ3v) is 3.77. The molecule has 3 nitrogen and oxygen atoms in total. The van der Waals surface area contributed by atoms with Crippen LogP contribution in [0.4, 0.5) is 0 Å². The molecule has 1 aromatic carbocycles. The molecule has 0 bridgehead atoms. The predicted octanol–water partition coefficient (Wildman–Crippen LogP) is 2.40. The lowest BCUT2D eigenvalue weighted by Crippen LogP contribution is -1.98. The van der Waals surface area contributed by atoms with Gasteiger partial charge in [-0.1, -0.05) is 0 Å². The predicted molar refractivity (Wildman–Crippen MR) is 61.6 cm³/mol. The van der Waals surface area contributed by atoms with Crippen LogP contribution in [0.2, 0.25) is 0 Å². The molecule has 6 heteroatoms. The summed E-state index contributed by atoms with van der Waals surface area (Å²) < 4.78 is 22.8. The maximum Gasteiger partial charge on any atom is 0.262 e. The quantitative estimate of drug-likeness (QED) is 0.582. The Morgan fingerprint density at radius 2 is 2.07 bits per heavy atom. The highest BCUT2D eigenvalue weighted by atomic mass is 127. The van der Waals surface area contributed by atoms with Gasteiger partial charge in [0.15, 0.2) is 0 Å². The molecule has 14 heavy (non-hydrogen) atoms.